The zero-order valence-corrected chi connectivity index (χ0v) is 20.3. The minimum atomic E-state index is -4.72. The summed E-state index contributed by atoms with van der Waals surface area (Å²) in [6.45, 7) is 1.74. The molecule has 4 aromatic rings. The lowest BCUT2D eigenvalue weighted by Gasteiger charge is -2.19. The number of carbonyl (C=O) groups excluding carboxylic acids is 1. The van der Waals surface area contributed by atoms with Crippen LogP contribution in [0.25, 0.3) is 11.3 Å². The van der Waals surface area contributed by atoms with Gasteiger partial charge in [0.05, 0.1) is 23.0 Å². The number of halogens is 4. The summed E-state index contributed by atoms with van der Waals surface area (Å²) >= 11 is 0. The van der Waals surface area contributed by atoms with Crippen LogP contribution >= 0.6 is 0 Å². The number of nitrogens with one attached hydrogen (secondary N) is 3. The second kappa shape index (κ2) is 10.7. The van der Waals surface area contributed by atoms with Crippen LogP contribution in [0, 0.1) is 11.2 Å². The summed E-state index contributed by atoms with van der Waals surface area (Å²) in [6, 6.07) is 12.0. The lowest BCUT2D eigenvalue weighted by molar-refractivity contribution is -0.137. The monoisotopic (exact) mass is 538 g/mol. The molecule has 200 valence electrons. The van der Waals surface area contributed by atoms with Crippen molar-refractivity contribution < 1.29 is 22.4 Å². The van der Waals surface area contributed by atoms with E-state index >= 15 is 0 Å². The maximum Gasteiger partial charge on any atom is 0.417 e. The SMILES string of the molecule is CC(Nc1ncc(C(F)(F)F)cc1C(=O)Nc1ccc(F)cc1)c1ccc(-c2cnc(N)c(C(=N)N)n2)cc1. The zero-order valence-electron chi connectivity index (χ0n) is 20.3. The quantitative estimate of drug-likeness (QED) is 0.126. The molecule has 0 saturated heterocycles. The highest BCUT2D eigenvalue weighted by molar-refractivity contribution is 6.07. The predicted molar refractivity (Wildman–Crippen MR) is 139 cm³/mol. The number of anilines is 3. The van der Waals surface area contributed by atoms with Gasteiger partial charge in [0.1, 0.15) is 23.2 Å². The first kappa shape index (κ1) is 27.0. The van der Waals surface area contributed by atoms with Crippen LogP contribution in [0.4, 0.5) is 34.9 Å². The average molecular weight is 539 g/mol. The smallest absolute Gasteiger partial charge is 0.382 e. The van der Waals surface area contributed by atoms with E-state index in [2.05, 4.69) is 25.6 Å². The standard InChI is InChI=1S/C26H22F4N8O/c1-13(14-2-4-15(5-3-14)20-12-34-23(33)21(38-20)22(31)32)36-24-19(10-16(11-35-24)26(28,29)30)25(39)37-18-8-6-17(27)7-9-18/h2-13H,1H3,(H3,31,32)(H2,33,34)(H,35,36)(H,37,39). The van der Waals surface area contributed by atoms with Crippen molar-refractivity contribution in [1.82, 2.24) is 15.0 Å². The summed E-state index contributed by atoms with van der Waals surface area (Å²) in [7, 11) is 0. The van der Waals surface area contributed by atoms with Gasteiger partial charge in [0.25, 0.3) is 5.91 Å². The number of nitrogens with two attached hydrogens (primary N) is 2. The molecule has 0 spiro atoms. The van der Waals surface area contributed by atoms with E-state index in [4.69, 9.17) is 16.9 Å². The van der Waals surface area contributed by atoms with Crippen LogP contribution in [-0.4, -0.2) is 26.7 Å². The molecule has 0 aliphatic heterocycles. The van der Waals surface area contributed by atoms with E-state index in [0.29, 0.717) is 23.5 Å². The Labute approximate surface area is 219 Å². The van der Waals surface area contributed by atoms with Gasteiger partial charge in [-0.3, -0.25) is 10.2 Å². The molecular weight excluding hydrogens is 516 g/mol. The second-order valence-corrected chi connectivity index (χ2v) is 8.47. The Morgan fingerprint density at radius 2 is 1.69 bits per heavy atom. The number of hydrogen-bond donors (Lipinski definition) is 5. The molecule has 2 heterocycles. The van der Waals surface area contributed by atoms with Gasteiger partial charge in [0.2, 0.25) is 0 Å². The molecule has 0 fully saturated rings. The highest BCUT2D eigenvalue weighted by Crippen LogP contribution is 2.32. The maximum absolute atomic E-state index is 13.4. The minimum absolute atomic E-state index is 0.0315. The summed E-state index contributed by atoms with van der Waals surface area (Å²) < 4.78 is 53.3. The Morgan fingerprint density at radius 1 is 1.03 bits per heavy atom. The number of pyridine rings is 1. The van der Waals surface area contributed by atoms with Gasteiger partial charge in [-0.25, -0.2) is 19.3 Å². The Bertz CT molecular complexity index is 1520. The van der Waals surface area contributed by atoms with Gasteiger partial charge < -0.3 is 22.1 Å². The number of nitrogen functional groups attached to an aromatic ring is 2. The van der Waals surface area contributed by atoms with Crippen molar-refractivity contribution in [2.24, 2.45) is 5.73 Å². The van der Waals surface area contributed by atoms with E-state index in [1.807, 2.05) is 0 Å². The summed E-state index contributed by atoms with van der Waals surface area (Å²) in [5.74, 6) is -1.74. The fraction of sp³-hybridized carbons (Fsp3) is 0.115. The first-order valence-electron chi connectivity index (χ1n) is 11.4. The molecule has 0 saturated carbocycles. The van der Waals surface area contributed by atoms with Crippen LogP contribution < -0.4 is 22.1 Å². The number of amidine groups is 1. The highest BCUT2D eigenvalue weighted by Gasteiger charge is 2.33. The molecule has 2 aromatic heterocycles. The molecule has 7 N–H and O–H groups in total. The van der Waals surface area contributed by atoms with Gasteiger partial charge >= 0.3 is 6.18 Å². The minimum Gasteiger partial charge on any atom is -0.382 e. The number of alkyl halides is 3. The van der Waals surface area contributed by atoms with Gasteiger partial charge in [-0.15, -0.1) is 0 Å². The van der Waals surface area contributed by atoms with E-state index in [1.54, 1.807) is 31.2 Å². The first-order valence-corrected chi connectivity index (χ1v) is 11.4. The lowest BCUT2D eigenvalue weighted by Crippen LogP contribution is -2.19. The first-order chi connectivity index (χ1) is 18.4. The Hall–Kier alpha value is -5.07. The van der Waals surface area contributed by atoms with Gasteiger partial charge in [0.15, 0.2) is 5.82 Å². The molecule has 39 heavy (non-hydrogen) atoms. The number of amides is 1. The fourth-order valence-electron chi connectivity index (χ4n) is 3.61. The molecule has 0 aliphatic carbocycles. The third-order valence-corrected chi connectivity index (χ3v) is 5.68. The van der Waals surface area contributed by atoms with Crippen LogP contribution in [0.15, 0.2) is 67.0 Å². The maximum atomic E-state index is 13.4. The van der Waals surface area contributed by atoms with Crippen LogP contribution in [-0.2, 0) is 6.18 Å². The van der Waals surface area contributed by atoms with Crippen LogP contribution in [0.2, 0.25) is 0 Å². The molecule has 0 aliphatic rings. The number of aromatic nitrogens is 3. The van der Waals surface area contributed by atoms with Crippen molar-refractivity contribution in [1.29, 1.82) is 5.41 Å². The van der Waals surface area contributed by atoms with Crippen molar-refractivity contribution >= 4 is 29.1 Å². The van der Waals surface area contributed by atoms with Gasteiger partial charge in [-0.05, 0) is 42.8 Å². The molecule has 0 radical (unpaired) electrons. The summed E-state index contributed by atoms with van der Waals surface area (Å²) in [4.78, 5) is 25.1. The molecule has 13 heteroatoms. The van der Waals surface area contributed by atoms with Gasteiger partial charge in [0, 0.05) is 23.5 Å². The second-order valence-electron chi connectivity index (χ2n) is 8.47. The number of rotatable bonds is 7. The van der Waals surface area contributed by atoms with E-state index in [0.717, 1.165) is 17.7 Å². The molecule has 4 rings (SSSR count). The fourth-order valence-corrected chi connectivity index (χ4v) is 3.61. The number of nitrogens with zero attached hydrogens (tertiary/aromatic N) is 3. The molecular formula is C26H22F4N8O. The summed E-state index contributed by atoms with van der Waals surface area (Å²) in [6.07, 6.45) is -2.64. The molecule has 0 bridgehead atoms. The molecule has 1 amide bonds. The van der Waals surface area contributed by atoms with Crippen molar-refractivity contribution in [2.45, 2.75) is 19.1 Å². The third-order valence-electron chi connectivity index (χ3n) is 5.68. The van der Waals surface area contributed by atoms with Crippen molar-refractivity contribution in [3.63, 3.8) is 0 Å². The van der Waals surface area contributed by atoms with E-state index < -0.39 is 29.5 Å². The number of hydrogen-bond acceptors (Lipinski definition) is 7. The Balaban J connectivity index is 1.59. The number of benzene rings is 2. The van der Waals surface area contributed by atoms with E-state index in [-0.39, 0.29) is 34.4 Å². The topological polar surface area (TPSA) is 156 Å². The molecule has 2 aromatic carbocycles. The van der Waals surface area contributed by atoms with Crippen molar-refractivity contribution in [2.75, 3.05) is 16.4 Å². The largest absolute Gasteiger partial charge is 0.417 e. The average Bonchev–Trinajstić information content (AvgIpc) is 2.89. The van der Waals surface area contributed by atoms with Crippen LogP contribution in [0.1, 0.15) is 40.1 Å². The number of carbonyl (C=O) groups is 1. The molecule has 1 atom stereocenters. The van der Waals surface area contributed by atoms with Crippen LogP contribution in [0.5, 0.6) is 0 Å². The summed E-state index contributed by atoms with van der Waals surface area (Å²) in [5.41, 5.74) is 11.8. The Morgan fingerprint density at radius 3 is 2.31 bits per heavy atom. The van der Waals surface area contributed by atoms with E-state index in [9.17, 15) is 22.4 Å². The van der Waals surface area contributed by atoms with Crippen molar-refractivity contribution in [3.05, 3.63) is 95.2 Å². The molecule has 1 unspecified atom stereocenters. The third kappa shape index (κ3) is 6.26. The van der Waals surface area contributed by atoms with Crippen LogP contribution in [0.3, 0.4) is 0 Å². The van der Waals surface area contributed by atoms with E-state index in [1.165, 1.54) is 18.3 Å². The predicted octanol–water partition coefficient (Wildman–Crippen LogP) is 4.99. The zero-order chi connectivity index (χ0) is 28.3. The lowest BCUT2D eigenvalue weighted by atomic mass is 10.0. The van der Waals surface area contributed by atoms with Gasteiger partial charge in [-0.1, -0.05) is 24.3 Å². The van der Waals surface area contributed by atoms with Crippen molar-refractivity contribution in [3.8, 4) is 11.3 Å². The molecule has 9 nitrogen and oxygen atoms in total. The normalized spacial score (nSPS) is 12.0. The van der Waals surface area contributed by atoms with Gasteiger partial charge in [-0.2, -0.15) is 13.2 Å². The summed E-state index contributed by atoms with van der Waals surface area (Å²) in [5, 5.41) is 13.0. The Kier molecular flexibility index (Phi) is 7.42. The highest BCUT2D eigenvalue weighted by atomic mass is 19.4.